The van der Waals surface area contributed by atoms with E-state index in [1.165, 1.54) is 44.1 Å². The van der Waals surface area contributed by atoms with Crippen LogP contribution in [0.1, 0.15) is 55.4 Å². The molecule has 1 aromatic heterocycles. The summed E-state index contributed by atoms with van der Waals surface area (Å²) in [4.78, 5) is 2.65. The summed E-state index contributed by atoms with van der Waals surface area (Å²) >= 11 is 1.21. The van der Waals surface area contributed by atoms with E-state index in [1.807, 2.05) is 6.07 Å². The Bertz CT molecular complexity index is 1580. The Morgan fingerprint density at radius 1 is 1.07 bits per heavy atom. The molecule has 5 rings (SSSR count). The number of benzene rings is 2. The largest absolute Gasteiger partial charge is 0.495 e. The lowest BCUT2D eigenvalue weighted by atomic mass is 9.98. The highest BCUT2D eigenvalue weighted by atomic mass is 32.1. The van der Waals surface area contributed by atoms with Crippen molar-refractivity contribution < 1.29 is 26.9 Å². The van der Waals surface area contributed by atoms with Gasteiger partial charge in [-0.25, -0.2) is 4.39 Å². The first-order valence-corrected chi connectivity index (χ1v) is 19.1. The van der Waals surface area contributed by atoms with Crippen molar-refractivity contribution in [2.45, 2.75) is 75.8 Å². The van der Waals surface area contributed by atoms with E-state index in [2.05, 4.69) is 27.4 Å². The van der Waals surface area contributed by atoms with E-state index in [4.69, 9.17) is 4.74 Å². The molecular weight excluding hydrogens is 621 g/mol. The molecule has 1 aliphatic heterocycles. The van der Waals surface area contributed by atoms with Gasteiger partial charge < -0.3 is 19.9 Å². The third-order valence-electron chi connectivity index (χ3n) is 8.83. The quantitative estimate of drug-likeness (QED) is 0.110. The number of ether oxygens (including phenoxy) is 1. The van der Waals surface area contributed by atoms with Crippen molar-refractivity contribution in [2.75, 3.05) is 50.7 Å². The van der Waals surface area contributed by atoms with Gasteiger partial charge in [0.1, 0.15) is 19.1 Å². The molecule has 2 aromatic carbocycles. The zero-order chi connectivity index (χ0) is 32.2. The Hall–Kier alpha value is -2.73. The first-order chi connectivity index (χ1) is 21.4. The fourth-order valence-corrected chi connectivity index (χ4v) is 8.46. The Morgan fingerprint density at radius 2 is 1.82 bits per heavy atom. The number of methoxy groups -OCH3 is 1. The number of thiophene rings is 1. The minimum atomic E-state index is -4.41. The van der Waals surface area contributed by atoms with Gasteiger partial charge in [-0.2, -0.15) is 13.2 Å². The van der Waals surface area contributed by atoms with E-state index in [0.717, 1.165) is 19.4 Å². The van der Waals surface area contributed by atoms with E-state index >= 15 is 4.39 Å². The Labute approximate surface area is 267 Å². The van der Waals surface area contributed by atoms with Gasteiger partial charge in [0.25, 0.3) is 0 Å². The molecule has 5 nitrogen and oxygen atoms in total. The normalized spacial score (nSPS) is 20.3. The molecular formula is C34H42F4N3O2PS. The summed E-state index contributed by atoms with van der Waals surface area (Å²) in [7, 11) is -0.953. The molecule has 0 radical (unpaired) electrons. The lowest BCUT2D eigenvalue weighted by Crippen LogP contribution is -2.51. The molecule has 1 saturated heterocycles. The molecule has 0 bridgehead atoms. The number of hydrogen-bond donors (Lipinski definition) is 2. The van der Waals surface area contributed by atoms with Gasteiger partial charge in [-0.1, -0.05) is 49.7 Å². The standard InChI is InChI=1S/C34H42F4N3O2PS/c1-43-31-20-24(44(2,3)42)15-16-29(31)39-18-9-14-32-26(21-34(36,37)38)25-12-8-13-30(33(25)45-32)40-28-17-19-41(22-27(28)35)23-10-6-4-5-7-11-23/h8,12-13,15-16,20,23,27-28,39-40H,4-7,10-11,17-19,21-22H2,1-3H3/t27-,28+/m1/s1. The van der Waals surface area contributed by atoms with E-state index in [0.29, 0.717) is 56.4 Å². The van der Waals surface area contributed by atoms with Crippen molar-refractivity contribution in [2.24, 2.45) is 0 Å². The number of alkyl halides is 4. The Morgan fingerprint density at radius 3 is 2.49 bits per heavy atom. The molecule has 2 aliphatic rings. The van der Waals surface area contributed by atoms with E-state index in [-0.39, 0.29) is 12.1 Å². The van der Waals surface area contributed by atoms with Crippen molar-refractivity contribution in [1.29, 1.82) is 0 Å². The predicted molar refractivity (Wildman–Crippen MR) is 179 cm³/mol. The summed E-state index contributed by atoms with van der Waals surface area (Å²) in [6.45, 7) is 4.73. The van der Waals surface area contributed by atoms with Gasteiger partial charge >= 0.3 is 6.18 Å². The molecule has 3 aromatic rings. The maximum atomic E-state index is 15.5. The number of nitrogens with one attached hydrogen (secondary N) is 2. The van der Waals surface area contributed by atoms with Crippen LogP contribution in [-0.4, -0.2) is 69.4 Å². The summed E-state index contributed by atoms with van der Waals surface area (Å²) in [6.07, 6.45) is 1.23. The van der Waals surface area contributed by atoms with E-state index in [9.17, 15) is 17.7 Å². The summed E-state index contributed by atoms with van der Waals surface area (Å²) in [5.74, 6) is 6.45. The van der Waals surface area contributed by atoms with Crippen molar-refractivity contribution in [3.05, 3.63) is 46.8 Å². The summed E-state index contributed by atoms with van der Waals surface area (Å²) in [6, 6.07) is 10.5. The van der Waals surface area contributed by atoms with Gasteiger partial charge in [-0.15, -0.1) is 11.3 Å². The third-order valence-corrected chi connectivity index (χ3v) is 11.5. The van der Waals surface area contributed by atoms with Gasteiger partial charge in [0.15, 0.2) is 0 Å². The van der Waals surface area contributed by atoms with Crippen LogP contribution in [0.25, 0.3) is 10.1 Å². The smallest absolute Gasteiger partial charge is 0.393 e. The van der Waals surface area contributed by atoms with E-state index < -0.39 is 32.0 Å². The molecule has 2 heterocycles. The highest BCUT2D eigenvalue weighted by molar-refractivity contribution is 7.70. The number of halogens is 4. The topological polar surface area (TPSA) is 53.6 Å². The number of fused-ring (bicyclic) bond motifs is 1. The fraction of sp³-hybridized carbons (Fsp3) is 0.529. The van der Waals surface area contributed by atoms with Crippen molar-refractivity contribution >= 4 is 45.2 Å². The molecule has 244 valence electrons. The van der Waals surface area contributed by atoms with Crippen LogP contribution in [0, 0.1) is 11.8 Å². The van der Waals surface area contributed by atoms with Gasteiger partial charge in [0.2, 0.25) is 0 Å². The number of anilines is 2. The Balaban J connectivity index is 1.34. The Kier molecular flexibility index (Phi) is 10.7. The molecule has 1 aliphatic carbocycles. The zero-order valence-electron chi connectivity index (χ0n) is 26.1. The highest BCUT2D eigenvalue weighted by Crippen LogP contribution is 2.40. The predicted octanol–water partition coefficient (Wildman–Crippen LogP) is 8.27. The third kappa shape index (κ3) is 8.55. The second-order valence-corrected chi connectivity index (χ2v) is 16.7. The molecule has 2 N–H and O–H groups in total. The summed E-state index contributed by atoms with van der Waals surface area (Å²) in [5.41, 5.74) is 1.44. The summed E-state index contributed by atoms with van der Waals surface area (Å²) < 4.78 is 75.2. The fourth-order valence-electron chi connectivity index (χ4n) is 6.43. The number of rotatable bonds is 8. The lowest BCUT2D eigenvalue weighted by molar-refractivity contribution is -0.126. The zero-order valence-corrected chi connectivity index (χ0v) is 27.8. The second kappa shape index (κ2) is 14.4. The maximum absolute atomic E-state index is 15.5. The van der Waals surface area contributed by atoms with E-state index in [1.54, 1.807) is 43.7 Å². The average molecular weight is 664 g/mol. The lowest BCUT2D eigenvalue weighted by Gasteiger charge is -2.39. The van der Waals surface area contributed by atoms with Crippen LogP contribution >= 0.6 is 18.5 Å². The SMILES string of the molecule is COc1cc(P(C)(C)=O)ccc1NCC#Cc1sc2c(N[C@H]3CCN(C4CCCCCC4)C[C@H]3F)cccc2c1CC(F)(F)F. The van der Waals surface area contributed by atoms with Gasteiger partial charge in [-0.05, 0) is 67.8 Å². The number of nitrogens with zero attached hydrogens (tertiary/aromatic N) is 1. The van der Waals surface area contributed by atoms with Crippen LogP contribution in [0.4, 0.5) is 28.9 Å². The summed E-state index contributed by atoms with van der Waals surface area (Å²) in [5, 5.41) is 7.69. The van der Waals surface area contributed by atoms with Crippen LogP contribution in [0.5, 0.6) is 5.75 Å². The van der Waals surface area contributed by atoms with Gasteiger partial charge in [0, 0.05) is 24.4 Å². The van der Waals surface area contributed by atoms with Crippen molar-refractivity contribution in [1.82, 2.24) is 4.90 Å². The molecule has 2 fully saturated rings. The highest BCUT2D eigenvalue weighted by Gasteiger charge is 2.34. The minimum absolute atomic E-state index is 0.141. The first-order valence-electron chi connectivity index (χ1n) is 15.6. The molecule has 0 unspecified atom stereocenters. The van der Waals surface area contributed by atoms with Crippen LogP contribution in [0.2, 0.25) is 0 Å². The number of likely N-dealkylation sites (tertiary alicyclic amines) is 1. The van der Waals surface area contributed by atoms with Crippen LogP contribution in [-0.2, 0) is 11.0 Å². The van der Waals surface area contributed by atoms with Crippen LogP contribution in [0.15, 0.2) is 36.4 Å². The van der Waals surface area contributed by atoms with Gasteiger partial charge in [-0.3, -0.25) is 4.90 Å². The molecule has 1 saturated carbocycles. The second-order valence-electron chi connectivity index (χ2n) is 12.5. The maximum Gasteiger partial charge on any atom is 0.393 e. The van der Waals surface area contributed by atoms with Crippen LogP contribution in [0.3, 0.4) is 0 Å². The number of piperidine rings is 1. The minimum Gasteiger partial charge on any atom is -0.495 e. The van der Waals surface area contributed by atoms with Gasteiger partial charge in [0.05, 0.1) is 47.1 Å². The van der Waals surface area contributed by atoms with Crippen molar-refractivity contribution in [3.8, 4) is 17.6 Å². The molecule has 2 atom stereocenters. The monoisotopic (exact) mass is 663 g/mol. The molecule has 11 heteroatoms. The molecule has 0 spiro atoms. The first kappa shape index (κ1) is 33.6. The van der Waals surface area contributed by atoms with Crippen molar-refractivity contribution in [3.63, 3.8) is 0 Å². The average Bonchev–Trinajstić information content (AvgIpc) is 3.14. The number of hydrogen-bond acceptors (Lipinski definition) is 6. The molecule has 45 heavy (non-hydrogen) atoms. The molecule has 0 amide bonds. The van der Waals surface area contributed by atoms with Crippen LogP contribution < -0.4 is 20.7 Å².